The van der Waals surface area contributed by atoms with Crippen molar-refractivity contribution >= 4 is 5.57 Å². The Bertz CT molecular complexity index is 482. The lowest BCUT2D eigenvalue weighted by Crippen LogP contribution is -2.52. The zero-order valence-corrected chi connectivity index (χ0v) is 9.11. The van der Waals surface area contributed by atoms with Crippen LogP contribution < -0.4 is 5.32 Å². The number of terminal acetylenes is 1. The van der Waals surface area contributed by atoms with Crippen LogP contribution in [-0.2, 0) is 0 Å². The number of hydrogen-bond acceptors (Lipinski definition) is 2. The van der Waals surface area contributed by atoms with Crippen molar-refractivity contribution in [2.45, 2.75) is 18.9 Å². The molecule has 2 heteroatoms. The van der Waals surface area contributed by atoms with Crippen LogP contribution in [0.2, 0.25) is 0 Å². The van der Waals surface area contributed by atoms with Gasteiger partial charge >= 0.3 is 0 Å². The molecule has 0 aromatic carbocycles. The van der Waals surface area contributed by atoms with Gasteiger partial charge in [-0.15, -0.1) is 6.42 Å². The van der Waals surface area contributed by atoms with Crippen LogP contribution in [0.15, 0.2) is 24.5 Å². The van der Waals surface area contributed by atoms with Crippen LogP contribution in [-0.4, -0.2) is 17.6 Å². The molecule has 16 heavy (non-hydrogen) atoms. The van der Waals surface area contributed by atoms with Crippen LogP contribution in [0, 0.1) is 18.3 Å². The summed E-state index contributed by atoms with van der Waals surface area (Å²) in [4.78, 5) is 4.19. The third kappa shape index (κ3) is 1.54. The molecule has 1 saturated heterocycles. The SMILES string of the molecule is C#Cc1cncc(C2=C[C@H]3NC[C@H]3CC2)c1. The first kappa shape index (κ1) is 9.62. The molecule has 2 atom stereocenters. The Morgan fingerprint density at radius 3 is 3.06 bits per heavy atom. The van der Waals surface area contributed by atoms with E-state index in [1.165, 1.54) is 24.1 Å². The zero-order chi connectivity index (χ0) is 11.0. The van der Waals surface area contributed by atoms with Gasteiger partial charge < -0.3 is 5.32 Å². The molecule has 1 fully saturated rings. The van der Waals surface area contributed by atoms with E-state index in [1.807, 2.05) is 6.20 Å². The van der Waals surface area contributed by atoms with Crippen molar-refractivity contribution < 1.29 is 0 Å². The summed E-state index contributed by atoms with van der Waals surface area (Å²) in [7, 11) is 0. The standard InChI is InChI=1S/C14H14N2/c1-2-10-5-13(8-15-7-10)11-3-4-12-9-16-14(12)6-11/h1,5-8,12,14,16H,3-4,9H2/t12-,14-/m1/s1. The Morgan fingerprint density at radius 1 is 1.44 bits per heavy atom. The number of rotatable bonds is 1. The molecule has 80 valence electrons. The number of aromatic nitrogens is 1. The summed E-state index contributed by atoms with van der Waals surface area (Å²) in [6.45, 7) is 1.18. The highest BCUT2D eigenvalue weighted by molar-refractivity contribution is 5.67. The third-order valence-corrected chi connectivity index (χ3v) is 3.56. The molecule has 2 heterocycles. The summed E-state index contributed by atoms with van der Waals surface area (Å²) in [6.07, 6.45) is 13.8. The molecule has 0 amide bonds. The van der Waals surface area contributed by atoms with Gasteiger partial charge in [-0.2, -0.15) is 0 Å². The van der Waals surface area contributed by atoms with Crippen molar-refractivity contribution in [3.8, 4) is 12.3 Å². The van der Waals surface area contributed by atoms with Crippen LogP contribution in [0.3, 0.4) is 0 Å². The van der Waals surface area contributed by atoms with Gasteiger partial charge in [0, 0.05) is 30.5 Å². The first-order valence-corrected chi connectivity index (χ1v) is 5.73. The monoisotopic (exact) mass is 210 g/mol. The van der Waals surface area contributed by atoms with Gasteiger partial charge in [0.1, 0.15) is 0 Å². The van der Waals surface area contributed by atoms with Gasteiger partial charge in [0.05, 0.1) is 0 Å². The van der Waals surface area contributed by atoms with E-state index in [0.29, 0.717) is 6.04 Å². The number of nitrogens with one attached hydrogen (secondary N) is 1. The van der Waals surface area contributed by atoms with E-state index in [-0.39, 0.29) is 0 Å². The van der Waals surface area contributed by atoms with Gasteiger partial charge in [-0.25, -0.2) is 0 Å². The molecule has 1 N–H and O–H groups in total. The summed E-state index contributed by atoms with van der Waals surface area (Å²) in [5.41, 5.74) is 3.43. The van der Waals surface area contributed by atoms with Crippen LogP contribution >= 0.6 is 0 Å². The van der Waals surface area contributed by atoms with Gasteiger partial charge in [0.25, 0.3) is 0 Å². The number of allylic oxidation sites excluding steroid dienone is 1. The van der Waals surface area contributed by atoms with Gasteiger partial charge in [0.15, 0.2) is 0 Å². The predicted octanol–water partition coefficient (Wildman–Crippen LogP) is 1.83. The average molecular weight is 210 g/mol. The Kier molecular flexibility index (Phi) is 2.27. The second-order valence-electron chi connectivity index (χ2n) is 4.53. The molecule has 0 radical (unpaired) electrons. The van der Waals surface area contributed by atoms with E-state index in [4.69, 9.17) is 6.42 Å². The lowest BCUT2D eigenvalue weighted by Gasteiger charge is -2.40. The highest BCUT2D eigenvalue weighted by Crippen LogP contribution is 2.33. The summed E-state index contributed by atoms with van der Waals surface area (Å²) in [5.74, 6) is 3.49. The van der Waals surface area contributed by atoms with Crippen LogP contribution in [0.5, 0.6) is 0 Å². The number of fused-ring (bicyclic) bond motifs is 1. The number of nitrogens with zero attached hydrogens (tertiary/aromatic N) is 1. The van der Waals surface area contributed by atoms with Crippen molar-refractivity contribution in [1.29, 1.82) is 0 Å². The van der Waals surface area contributed by atoms with Gasteiger partial charge in [-0.3, -0.25) is 4.98 Å². The molecule has 0 bridgehead atoms. The minimum absolute atomic E-state index is 0.582. The Balaban J connectivity index is 1.92. The number of pyridine rings is 1. The Hall–Kier alpha value is -1.59. The topological polar surface area (TPSA) is 24.9 Å². The molecule has 2 nitrogen and oxygen atoms in total. The van der Waals surface area contributed by atoms with Gasteiger partial charge in [0.2, 0.25) is 0 Å². The van der Waals surface area contributed by atoms with Crippen LogP contribution in [0.25, 0.3) is 5.57 Å². The average Bonchev–Trinajstić information content (AvgIpc) is 2.31. The second kappa shape index (κ2) is 3.77. The minimum atomic E-state index is 0.582. The summed E-state index contributed by atoms with van der Waals surface area (Å²) in [5, 5.41) is 3.44. The first-order chi connectivity index (χ1) is 7.86. The van der Waals surface area contributed by atoms with Gasteiger partial charge in [-0.1, -0.05) is 12.0 Å². The molecule has 0 unspecified atom stereocenters. The van der Waals surface area contributed by atoms with E-state index in [9.17, 15) is 0 Å². The highest BCUT2D eigenvalue weighted by Gasteiger charge is 2.31. The van der Waals surface area contributed by atoms with Crippen molar-refractivity contribution in [3.05, 3.63) is 35.7 Å². The van der Waals surface area contributed by atoms with Crippen molar-refractivity contribution in [3.63, 3.8) is 0 Å². The van der Waals surface area contributed by atoms with Crippen molar-refractivity contribution in [2.24, 2.45) is 5.92 Å². The molecule has 0 saturated carbocycles. The molecular formula is C14H14N2. The maximum Gasteiger partial charge on any atom is 0.0432 e. The van der Waals surface area contributed by atoms with E-state index in [1.54, 1.807) is 6.20 Å². The summed E-state index contributed by atoms with van der Waals surface area (Å²) >= 11 is 0. The van der Waals surface area contributed by atoms with Crippen molar-refractivity contribution in [2.75, 3.05) is 6.54 Å². The van der Waals surface area contributed by atoms with Crippen LogP contribution in [0.4, 0.5) is 0 Å². The minimum Gasteiger partial charge on any atom is -0.310 e. The normalized spacial score (nSPS) is 27.3. The molecular weight excluding hydrogens is 196 g/mol. The third-order valence-electron chi connectivity index (χ3n) is 3.56. The molecule has 1 aliphatic carbocycles. The first-order valence-electron chi connectivity index (χ1n) is 5.73. The van der Waals surface area contributed by atoms with Crippen LogP contribution in [0.1, 0.15) is 24.0 Å². The predicted molar refractivity (Wildman–Crippen MR) is 64.7 cm³/mol. The molecule has 1 aromatic rings. The van der Waals surface area contributed by atoms with Crippen molar-refractivity contribution in [1.82, 2.24) is 10.3 Å². The smallest absolute Gasteiger partial charge is 0.0432 e. The summed E-state index contributed by atoms with van der Waals surface area (Å²) < 4.78 is 0. The lowest BCUT2D eigenvalue weighted by molar-refractivity contribution is 0.256. The summed E-state index contributed by atoms with van der Waals surface area (Å²) in [6, 6.07) is 2.64. The fourth-order valence-corrected chi connectivity index (χ4v) is 2.47. The largest absolute Gasteiger partial charge is 0.310 e. The quantitative estimate of drug-likeness (QED) is 0.715. The fraction of sp³-hybridized carbons (Fsp3) is 0.357. The Morgan fingerprint density at radius 2 is 2.38 bits per heavy atom. The van der Waals surface area contributed by atoms with E-state index in [0.717, 1.165) is 17.9 Å². The molecule has 0 spiro atoms. The lowest BCUT2D eigenvalue weighted by atomic mass is 9.79. The molecule has 1 aromatic heterocycles. The molecule has 2 aliphatic rings. The maximum absolute atomic E-state index is 5.39. The second-order valence-corrected chi connectivity index (χ2v) is 4.53. The van der Waals surface area contributed by atoms with E-state index >= 15 is 0 Å². The molecule has 3 rings (SSSR count). The highest BCUT2D eigenvalue weighted by atomic mass is 15.0. The number of hydrogen-bond donors (Lipinski definition) is 1. The maximum atomic E-state index is 5.39. The van der Waals surface area contributed by atoms with E-state index < -0.39 is 0 Å². The fourth-order valence-electron chi connectivity index (χ4n) is 2.47. The molecule has 1 aliphatic heterocycles. The van der Waals surface area contributed by atoms with E-state index in [2.05, 4.69) is 28.4 Å². The zero-order valence-electron chi connectivity index (χ0n) is 9.11. The Labute approximate surface area is 95.8 Å². The van der Waals surface area contributed by atoms with Gasteiger partial charge in [-0.05, 0) is 36.0 Å².